The van der Waals surface area contributed by atoms with Crippen molar-refractivity contribution < 1.29 is 13.6 Å². The van der Waals surface area contributed by atoms with Gasteiger partial charge in [0.05, 0.1) is 5.69 Å². The third-order valence-electron chi connectivity index (χ3n) is 1.90. The van der Waals surface area contributed by atoms with Crippen LogP contribution in [0, 0.1) is 11.6 Å². The highest BCUT2D eigenvalue weighted by Gasteiger charge is 2.24. The maximum absolute atomic E-state index is 13.0. The third-order valence-corrected chi connectivity index (χ3v) is 1.90. The van der Waals surface area contributed by atoms with Gasteiger partial charge in [-0.3, -0.25) is 0 Å². The number of urea groups is 1. The van der Waals surface area contributed by atoms with Gasteiger partial charge in [-0.25, -0.2) is 13.6 Å². The number of nitrogens with one attached hydrogen (secondary N) is 1. The second-order valence-electron chi connectivity index (χ2n) is 3.04. The molecule has 1 aliphatic heterocycles. The minimum absolute atomic E-state index is 0.123. The van der Waals surface area contributed by atoms with E-state index in [-0.39, 0.29) is 5.69 Å². The molecule has 3 nitrogen and oxygen atoms in total. The molecule has 14 heavy (non-hydrogen) atoms. The lowest BCUT2D eigenvalue weighted by molar-refractivity contribution is 0.242. The molecule has 1 aliphatic rings. The summed E-state index contributed by atoms with van der Waals surface area (Å²) in [5.41, 5.74) is -0.123. The molecule has 1 N–H and O–H groups in total. The molecule has 0 aliphatic carbocycles. The van der Waals surface area contributed by atoms with E-state index in [0.29, 0.717) is 13.1 Å². The van der Waals surface area contributed by atoms with Gasteiger partial charge in [0, 0.05) is 19.2 Å². The fourth-order valence-corrected chi connectivity index (χ4v) is 1.04. The van der Waals surface area contributed by atoms with E-state index in [0.717, 1.165) is 18.2 Å². The molecule has 0 saturated carbocycles. The molecule has 0 radical (unpaired) electrons. The minimum Gasteiger partial charge on any atom is -0.321 e. The van der Waals surface area contributed by atoms with Crippen LogP contribution in [0.2, 0.25) is 0 Å². The molecule has 0 unspecified atom stereocenters. The summed E-state index contributed by atoms with van der Waals surface area (Å²) in [7, 11) is 0. The van der Waals surface area contributed by atoms with Crippen LogP contribution in [0.4, 0.5) is 19.3 Å². The van der Waals surface area contributed by atoms with E-state index < -0.39 is 17.7 Å². The molecular formula is C9H8F2N2O. The predicted molar refractivity (Wildman–Crippen MR) is 46.9 cm³/mol. The van der Waals surface area contributed by atoms with Gasteiger partial charge < -0.3 is 10.2 Å². The summed E-state index contributed by atoms with van der Waals surface area (Å²) in [5.74, 6) is -1.21. The van der Waals surface area contributed by atoms with E-state index in [1.54, 1.807) is 0 Å². The van der Waals surface area contributed by atoms with Crippen molar-refractivity contribution in [2.75, 3.05) is 18.4 Å². The van der Waals surface area contributed by atoms with Gasteiger partial charge in [0.15, 0.2) is 0 Å². The van der Waals surface area contributed by atoms with Gasteiger partial charge in [-0.1, -0.05) is 0 Å². The van der Waals surface area contributed by atoms with E-state index >= 15 is 0 Å². The molecule has 0 atom stereocenters. The van der Waals surface area contributed by atoms with Crippen molar-refractivity contribution in [2.24, 2.45) is 0 Å². The first kappa shape index (κ1) is 8.93. The highest BCUT2D eigenvalue weighted by atomic mass is 19.1. The SMILES string of the molecule is O=C(Nc1cc(F)ccc1F)N1CC1. The van der Waals surface area contributed by atoms with Gasteiger partial charge in [-0.2, -0.15) is 0 Å². The van der Waals surface area contributed by atoms with Crippen molar-refractivity contribution in [1.29, 1.82) is 0 Å². The molecule has 1 aromatic rings. The number of rotatable bonds is 1. The van der Waals surface area contributed by atoms with Gasteiger partial charge in [-0.05, 0) is 12.1 Å². The van der Waals surface area contributed by atoms with Gasteiger partial charge >= 0.3 is 6.03 Å². The molecule has 2 rings (SSSR count). The molecule has 0 bridgehead atoms. The lowest BCUT2D eigenvalue weighted by Crippen LogP contribution is -2.19. The van der Waals surface area contributed by atoms with Crippen LogP contribution in [-0.4, -0.2) is 24.0 Å². The van der Waals surface area contributed by atoms with E-state index in [2.05, 4.69) is 5.32 Å². The molecule has 0 spiro atoms. The van der Waals surface area contributed by atoms with Crippen LogP contribution in [0.5, 0.6) is 0 Å². The van der Waals surface area contributed by atoms with Crippen molar-refractivity contribution in [3.05, 3.63) is 29.8 Å². The number of carbonyl (C=O) groups is 1. The third kappa shape index (κ3) is 1.81. The molecule has 5 heteroatoms. The monoisotopic (exact) mass is 198 g/mol. The van der Waals surface area contributed by atoms with Gasteiger partial charge in [0.2, 0.25) is 0 Å². The number of benzene rings is 1. The summed E-state index contributed by atoms with van der Waals surface area (Å²) >= 11 is 0. The normalized spacial score (nSPS) is 14.0. The van der Waals surface area contributed by atoms with Crippen LogP contribution in [0.1, 0.15) is 0 Å². The van der Waals surface area contributed by atoms with Crippen molar-refractivity contribution >= 4 is 11.7 Å². The number of halogens is 2. The highest BCUT2D eigenvalue weighted by Crippen LogP contribution is 2.17. The topological polar surface area (TPSA) is 32.1 Å². The van der Waals surface area contributed by atoms with Gasteiger partial charge in [-0.15, -0.1) is 0 Å². The van der Waals surface area contributed by atoms with Crippen LogP contribution in [-0.2, 0) is 0 Å². The largest absolute Gasteiger partial charge is 0.322 e. The van der Waals surface area contributed by atoms with Crippen molar-refractivity contribution in [2.45, 2.75) is 0 Å². The Morgan fingerprint density at radius 3 is 2.71 bits per heavy atom. The number of anilines is 1. The molecule has 74 valence electrons. The first-order valence-corrected chi connectivity index (χ1v) is 4.18. The van der Waals surface area contributed by atoms with Crippen molar-refractivity contribution in [3.63, 3.8) is 0 Å². The van der Waals surface area contributed by atoms with Crippen molar-refractivity contribution in [1.82, 2.24) is 4.90 Å². The van der Waals surface area contributed by atoms with E-state index in [4.69, 9.17) is 0 Å². The number of nitrogens with zero attached hydrogens (tertiary/aromatic N) is 1. The maximum atomic E-state index is 13.0. The smallest absolute Gasteiger partial charge is 0.321 e. The fraction of sp³-hybridized carbons (Fsp3) is 0.222. The van der Waals surface area contributed by atoms with Crippen LogP contribution in [0.25, 0.3) is 0 Å². The Labute approximate surface area is 79.3 Å². The number of hydrogen-bond donors (Lipinski definition) is 1. The van der Waals surface area contributed by atoms with Crippen LogP contribution in [0.15, 0.2) is 18.2 Å². The second kappa shape index (κ2) is 3.25. The van der Waals surface area contributed by atoms with E-state index in [9.17, 15) is 13.6 Å². The second-order valence-corrected chi connectivity index (χ2v) is 3.04. The molecular weight excluding hydrogens is 190 g/mol. The Morgan fingerprint density at radius 2 is 2.07 bits per heavy atom. The number of carbonyl (C=O) groups excluding carboxylic acids is 1. The number of amides is 2. The molecule has 1 saturated heterocycles. The lowest BCUT2D eigenvalue weighted by Gasteiger charge is -2.06. The molecule has 2 amide bonds. The van der Waals surface area contributed by atoms with Gasteiger partial charge in [0.1, 0.15) is 11.6 Å². The van der Waals surface area contributed by atoms with E-state index in [1.807, 2.05) is 0 Å². The summed E-state index contributed by atoms with van der Waals surface area (Å²) < 4.78 is 25.7. The van der Waals surface area contributed by atoms with Crippen LogP contribution in [0.3, 0.4) is 0 Å². The summed E-state index contributed by atoms with van der Waals surface area (Å²) in [4.78, 5) is 12.6. The lowest BCUT2D eigenvalue weighted by atomic mass is 10.3. The minimum atomic E-state index is -0.637. The molecule has 1 heterocycles. The Morgan fingerprint density at radius 1 is 1.36 bits per heavy atom. The van der Waals surface area contributed by atoms with Crippen LogP contribution < -0.4 is 5.32 Å². The van der Waals surface area contributed by atoms with E-state index in [1.165, 1.54) is 4.90 Å². The Balaban J connectivity index is 2.14. The summed E-state index contributed by atoms with van der Waals surface area (Å²) in [6, 6.07) is 2.54. The van der Waals surface area contributed by atoms with Crippen molar-refractivity contribution in [3.8, 4) is 0 Å². The highest BCUT2D eigenvalue weighted by molar-refractivity contribution is 5.90. The zero-order valence-electron chi connectivity index (χ0n) is 7.26. The molecule has 1 aromatic carbocycles. The Kier molecular flexibility index (Phi) is 2.07. The predicted octanol–water partition coefficient (Wildman–Crippen LogP) is 1.81. The molecule has 0 aromatic heterocycles. The zero-order valence-corrected chi connectivity index (χ0v) is 7.26. The first-order chi connectivity index (χ1) is 6.66. The fourth-order valence-electron chi connectivity index (χ4n) is 1.04. The quantitative estimate of drug-likeness (QED) is 0.686. The Hall–Kier alpha value is -1.65. The average molecular weight is 198 g/mol. The standard InChI is InChI=1S/C9H8F2N2O/c10-6-1-2-7(11)8(5-6)12-9(14)13-3-4-13/h1-2,5H,3-4H2,(H,12,14). The number of hydrogen-bond acceptors (Lipinski definition) is 1. The zero-order chi connectivity index (χ0) is 10.1. The summed E-state index contributed by atoms with van der Waals surface area (Å²) in [6.07, 6.45) is 0. The summed E-state index contributed by atoms with van der Waals surface area (Å²) in [5, 5.41) is 2.28. The van der Waals surface area contributed by atoms with Crippen LogP contribution >= 0.6 is 0 Å². The Bertz CT molecular complexity index is 377. The van der Waals surface area contributed by atoms with Gasteiger partial charge in [0.25, 0.3) is 0 Å². The summed E-state index contributed by atoms with van der Waals surface area (Å²) in [6.45, 7) is 1.34. The molecule has 1 fully saturated rings. The maximum Gasteiger partial charge on any atom is 0.322 e. The first-order valence-electron chi connectivity index (χ1n) is 4.18. The average Bonchev–Trinajstić information content (AvgIpc) is 2.94.